The zero-order valence-electron chi connectivity index (χ0n) is 13.4. The third kappa shape index (κ3) is 3.22. The lowest BCUT2D eigenvalue weighted by molar-refractivity contribution is 0.0951. The maximum absolute atomic E-state index is 12.2. The number of hydrazone groups is 1. The predicted molar refractivity (Wildman–Crippen MR) is 92.9 cm³/mol. The van der Waals surface area contributed by atoms with Gasteiger partial charge in [0, 0.05) is 16.5 Å². The average Bonchev–Trinajstić information content (AvgIpc) is 3.05. The number of nitrogens with one attached hydrogen (secondary N) is 2. The molecule has 0 fully saturated rings. The van der Waals surface area contributed by atoms with E-state index in [1.807, 2.05) is 42.5 Å². The third-order valence-electron chi connectivity index (χ3n) is 3.58. The van der Waals surface area contributed by atoms with Crippen LogP contribution in [0.15, 0.2) is 53.6 Å². The van der Waals surface area contributed by atoms with E-state index in [0.29, 0.717) is 11.4 Å². The molecular weight excluding hydrogens is 306 g/mol. The Kier molecular flexibility index (Phi) is 4.47. The van der Waals surface area contributed by atoms with Crippen LogP contribution in [0.5, 0.6) is 11.5 Å². The molecule has 3 rings (SSSR count). The van der Waals surface area contributed by atoms with Gasteiger partial charge in [0.2, 0.25) is 0 Å². The largest absolute Gasteiger partial charge is 0.497 e. The van der Waals surface area contributed by atoms with Crippen LogP contribution in [0.1, 0.15) is 16.1 Å². The minimum absolute atomic E-state index is 0.323. The molecule has 0 bridgehead atoms. The molecule has 0 aliphatic heterocycles. The van der Waals surface area contributed by atoms with Crippen LogP contribution < -0.4 is 14.9 Å². The lowest BCUT2D eigenvalue weighted by Gasteiger charge is -2.02. The van der Waals surface area contributed by atoms with E-state index in [-0.39, 0.29) is 5.91 Å². The number of para-hydroxylation sites is 1. The second-order valence-corrected chi connectivity index (χ2v) is 5.08. The van der Waals surface area contributed by atoms with E-state index in [1.165, 1.54) is 0 Å². The van der Waals surface area contributed by atoms with Gasteiger partial charge in [0.05, 0.1) is 20.4 Å². The number of ether oxygens (including phenoxy) is 2. The summed E-state index contributed by atoms with van der Waals surface area (Å²) in [4.78, 5) is 15.2. The minimum Gasteiger partial charge on any atom is -0.497 e. The molecule has 0 saturated carbocycles. The number of H-pyrrole nitrogens is 1. The lowest BCUT2D eigenvalue weighted by atomic mass is 10.2. The van der Waals surface area contributed by atoms with Gasteiger partial charge in [-0.25, -0.2) is 5.43 Å². The summed E-state index contributed by atoms with van der Waals surface area (Å²) < 4.78 is 10.4. The van der Waals surface area contributed by atoms with Crippen LogP contribution in [0, 0.1) is 0 Å². The smallest absolute Gasteiger partial charge is 0.287 e. The standard InChI is InChI=1S/C18H17N3O3/c1-23-14-7-8-15-13(9-14)10-16(20-15)18(22)21-19-11-12-5-3-4-6-17(12)24-2/h3-11,20H,1-2H3,(H,21,22)/b19-11-. The SMILES string of the molecule is COc1ccc2[nH]c(C(=O)N/N=C\c3ccccc3OC)cc2c1. The van der Waals surface area contributed by atoms with Crippen molar-refractivity contribution in [2.75, 3.05) is 14.2 Å². The van der Waals surface area contributed by atoms with Gasteiger partial charge in [0.25, 0.3) is 5.91 Å². The Morgan fingerprint density at radius 1 is 1.12 bits per heavy atom. The molecule has 1 heterocycles. The van der Waals surface area contributed by atoms with Crippen LogP contribution in [-0.4, -0.2) is 31.3 Å². The van der Waals surface area contributed by atoms with Crippen molar-refractivity contribution >= 4 is 23.0 Å². The van der Waals surface area contributed by atoms with Crippen molar-refractivity contribution in [1.82, 2.24) is 10.4 Å². The number of fused-ring (bicyclic) bond motifs is 1. The summed E-state index contributed by atoms with van der Waals surface area (Å²) in [6, 6.07) is 14.7. The maximum Gasteiger partial charge on any atom is 0.287 e. The van der Waals surface area contributed by atoms with Crippen molar-refractivity contribution in [2.24, 2.45) is 5.10 Å². The van der Waals surface area contributed by atoms with Gasteiger partial charge in [-0.15, -0.1) is 0 Å². The van der Waals surface area contributed by atoms with Crippen LogP contribution in [0.25, 0.3) is 10.9 Å². The molecule has 0 unspecified atom stereocenters. The summed E-state index contributed by atoms with van der Waals surface area (Å²) in [6.07, 6.45) is 1.54. The van der Waals surface area contributed by atoms with Crippen LogP contribution in [-0.2, 0) is 0 Å². The summed E-state index contributed by atoms with van der Waals surface area (Å²) in [6.45, 7) is 0. The third-order valence-corrected chi connectivity index (χ3v) is 3.58. The Bertz CT molecular complexity index is 899. The quantitative estimate of drug-likeness (QED) is 0.560. The fourth-order valence-electron chi connectivity index (χ4n) is 2.35. The molecule has 24 heavy (non-hydrogen) atoms. The van der Waals surface area contributed by atoms with Gasteiger partial charge in [-0.1, -0.05) is 12.1 Å². The first-order chi connectivity index (χ1) is 11.7. The maximum atomic E-state index is 12.2. The highest BCUT2D eigenvalue weighted by Gasteiger charge is 2.09. The highest BCUT2D eigenvalue weighted by atomic mass is 16.5. The summed E-state index contributed by atoms with van der Waals surface area (Å²) in [5.41, 5.74) is 4.56. The number of benzene rings is 2. The molecule has 2 N–H and O–H groups in total. The number of methoxy groups -OCH3 is 2. The summed E-state index contributed by atoms with van der Waals surface area (Å²) >= 11 is 0. The minimum atomic E-state index is -0.323. The molecule has 2 aromatic carbocycles. The fraction of sp³-hybridized carbons (Fsp3) is 0.111. The van der Waals surface area contributed by atoms with Crippen LogP contribution in [0.3, 0.4) is 0 Å². The molecule has 122 valence electrons. The Balaban J connectivity index is 1.74. The van der Waals surface area contributed by atoms with Gasteiger partial charge < -0.3 is 14.5 Å². The number of rotatable bonds is 5. The molecule has 0 atom stereocenters. The van der Waals surface area contributed by atoms with Gasteiger partial charge >= 0.3 is 0 Å². The van der Waals surface area contributed by atoms with E-state index in [9.17, 15) is 4.79 Å². The Morgan fingerprint density at radius 3 is 2.75 bits per heavy atom. The van der Waals surface area contributed by atoms with Crippen molar-refractivity contribution in [3.05, 3.63) is 59.8 Å². The second-order valence-electron chi connectivity index (χ2n) is 5.08. The average molecular weight is 323 g/mol. The fourth-order valence-corrected chi connectivity index (χ4v) is 2.35. The van der Waals surface area contributed by atoms with Crippen molar-refractivity contribution in [2.45, 2.75) is 0 Å². The van der Waals surface area contributed by atoms with E-state index in [0.717, 1.165) is 22.2 Å². The Labute approximate surface area is 139 Å². The topological polar surface area (TPSA) is 75.7 Å². The number of aromatic amines is 1. The van der Waals surface area contributed by atoms with Crippen LogP contribution in [0.4, 0.5) is 0 Å². The van der Waals surface area contributed by atoms with E-state index < -0.39 is 0 Å². The highest BCUT2D eigenvalue weighted by Crippen LogP contribution is 2.21. The Morgan fingerprint density at radius 2 is 1.96 bits per heavy atom. The number of carbonyl (C=O) groups is 1. The number of carbonyl (C=O) groups excluding carboxylic acids is 1. The van der Waals surface area contributed by atoms with Crippen LogP contribution >= 0.6 is 0 Å². The monoisotopic (exact) mass is 323 g/mol. The molecule has 6 heteroatoms. The lowest BCUT2D eigenvalue weighted by Crippen LogP contribution is -2.17. The van der Waals surface area contributed by atoms with Crippen molar-refractivity contribution in [3.63, 3.8) is 0 Å². The predicted octanol–water partition coefficient (Wildman–Crippen LogP) is 2.95. The molecule has 0 radical (unpaired) electrons. The molecule has 0 aliphatic rings. The van der Waals surface area contributed by atoms with Gasteiger partial charge in [-0.2, -0.15) is 5.10 Å². The first-order valence-electron chi connectivity index (χ1n) is 7.34. The number of amides is 1. The second kappa shape index (κ2) is 6.87. The highest BCUT2D eigenvalue weighted by molar-refractivity contribution is 5.98. The summed E-state index contributed by atoms with van der Waals surface area (Å²) in [5.74, 6) is 1.10. The first-order valence-corrected chi connectivity index (χ1v) is 7.34. The summed E-state index contributed by atoms with van der Waals surface area (Å²) in [5, 5.41) is 4.88. The number of nitrogens with zero attached hydrogens (tertiary/aromatic N) is 1. The molecule has 0 spiro atoms. The van der Waals surface area contributed by atoms with Gasteiger partial charge in [-0.3, -0.25) is 4.79 Å². The molecule has 0 saturated heterocycles. The van der Waals surface area contributed by atoms with Gasteiger partial charge in [0.1, 0.15) is 17.2 Å². The molecule has 1 amide bonds. The first kappa shape index (κ1) is 15.6. The molecule has 0 aliphatic carbocycles. The van der Waals surface area contributed by atoms with E-state index in [2.05, 4.69) is 15.5 Å². The van der Waals surface area contributed by atoms with Gasteiger partial charge in [0.15, 0.2) is 0 Å². The van der Waals surface area contributed by atoms with E-state index >= 15 is 0 Å². The van der Waals surface area contributed by atoms with E-state index in [1.54, 1.807) is 26.5 Å². The van der Waals surface area contributed by atoms with Crippen molar-refractivity contribution < 1.29 is 14.3 Å². The molecule has 1 aromatic heterocycles. The normalized spacial score (nSPS) is 10.9. The zero-order valence-corrected chi connectivity index (χ0v) is 13.4. The zero-order chi connectivity index (χ0) is 16.9. The molecule has 3 aromatic rings. The summed E-state index contributed by atoms with van der Waals surface area (Å²) in [7, 11) is 3.19. The Hall–Kier alpha value is -3.28. The van der Waals surface area contributed by atoms with E-state index in [4.69, 9.17) is 9.47 Å². The number of hydrogen-bond donors (Lipinski definition) is 2. The van der Waals surface area contributed by atoms with Crippen molar-refractivity contribution in [3.8, 4) is 11.5 Å². The number of aromatic nitrogens is 1. The van der Waals surface area contributed by atoms with Crippen molar-refractivity contribution in [1.29, 1.82) is 0 Å². The molecule has 6 nitrogen and oxygen atoms in total. The molecular formula is C18H17N3O3. The number of hydrogen-bond acceptors (Lipinski definition) is 4. The van der Waals surface area contributed by atoms with Gasteiger partial charge in [-0.05, 0) is 36.4 Å². The van der Waals surface area contributed by atoms with Crippen LogP contribution in [0.2, 0.25) is 0 Å².